The number of morpholine rings is 1. The third-order valence-electron chi connectivity index (χ3n) is 3.21. The monoisotopic (exact) mass is 313 g/mol. The van der Waals surface area contributed by atoms with Crippen LogP contribution < -0.4 is 5.32 Å². The summed E-state index contributed by atoms with van der Waals surface area (Å²) in [7, 11) is 0. The molecule has 6 nitrogen and oxygen atoms in total. The fraction of sp³-hybridized carbons (Fsp3) is 0.714. The summed E-state index contributed by atoms with van der Waals surface area (Å²) >= 11 is 1.53. The molecule has 1 aliphatic rings. The lowest BCUT2D eigenvalue weighted by Gasteiger charge is -2.26. The summed E-state index contributed by atoms with van der Waals surface area (Å²) in [5.41, 5.74) is 0.772. The quantitative estimate of drug-likeness (QED) is 0.578. The maximum Gasteiger partial charge on any atom is 0.311 e. The molecule has 1 aliphatic heterocycles. The van der Waals surface area contributed by atoms with E-state index < -0.39 is 0 Å². The summed E-state index contributed by atoms with van der Waals surface area (Å²) in [6.45, 7) is 7.94. The minimum Gasteiger partial charge on any atom is -0.466 e. The number of carbonyl (C=O) groups is 1. The van der Waals surface area contributed by atoms with E-state index in [1.807, 2.05) is 5.38 Å². The van der Waals surface area contributed by atoms with Gasteiger partial charge < -0.3 is 14.8 Å². The molecular formula is C14H23N3O3S. The van der Waals surface area contributed by atoms with Crippen LogP contribution >= 0.6 is 11.3 Å². The fourth-order valence-electron chi connectivity index (χ4n) is 2.15. The van der Waals surface area contributed by atoms with Crippen LogP contribution in [-0.4, -0.2) is 61.9 Å². The van der Waals surface area contributed by atoms with Gasteiger partial charge in [-0.1, -0.05) is 0 Å². The number of nitrogens with zero attached hydrogens (tertiary/aromatic N) is 2. The number of ether oxygens (including phenoxy) is 2. The third-order valence-corrected chi connectivity index (χ3v) is 4.06. The van der Waals surface area contributed by atoms with Crippen LogP contribution in [0, 0.1) is 0 Å². The van der Waals surface area contributed by atoms with E-state index in [2.05, 4.69) is 15.2 Å². The lowest BCUT2D eigenvalue weighted by molar-refractivity contribution is -0.142. The third kappa shape index (κ3) is 5.99. The molecule has 1 fully saturated rings. The van der Waals surface area contributed by atoms with Crippen molar-refractivity contribution in [1.82, 2.24) is 9.88 Å². The number of thiazole rings is 1. The van der Waals surface area contributed by atoms with E-state index in [0.717, 1.165) is 56.6 Å². The van der Waals surface area contributed by atoms with E-state index in [1.165, 1.54) is 11.3 Å². The maximum atomic E-state index is 11.4. The Labute approximate surface area is 129 Å². The Morgan fingerprint density at radius 1 is 1.52 bits per heavy atom. The molecule has 118 valence electrons. The van der Waals surface area contributed by atoms with Gasteiger partial charge in [-0.3, -0.25) is 9.69 Å². The number of carbonyl (C=O) groups excluding carboxylic acids is 1. The van der Waals surface area contributed by atoms with Crippen molar-refractivity contribution >= 4 is 22.4 Å². The second kappa shape index (κ2) is 8.96. The van der Waals surface area contributed by atoms with Crippen molar-refractivity contribution in [2.45, 2.75) is 19.8 Å². The van der Waals surface area contributed by atoms with Crippen molar-refractivity contribution in [1.29, 1.82) is 0 Å². The number of rotatable bonds is 8. The number of aromatic nitrogens is 1. The first-order valence-corrected chi connectivity index (χ1v) is 8.30. The van der Waals surface area contributed by atoms with Gasteiger partial charge in [0.1, 0.15) is 0 Å². The lowest BCUT2D eigenvalue weighted by atomic mass is 10.3. The van der Waals surface area contributed by atoms with E-state index in [-0.39, 0.29) is 12.4 Å². The number of esters is 1. The van der Waals surface area contributed by atoms with E-state index in [4.69, 9.17) is 9.47 Å². The highest BCUT2D eigenvalue weighted by Gasteiger charge is 2.10. The van der Waals surface area contributed by atoms with Crippen molar-refractivity contribution in [2.24, 2.45) is 0 Å². The molecule has 21 heavy (non-hydrogen) atoms. The second-order valence-corrected chi connectivity index (χ2v) is 5.72. The summed E-state index contributed by atoms with van der Waals surface area (Å²) in [5, 5.41) is 6.08. The molecule has 1 saturated heterocycles. The van der Waals surface area contributed by atoms with Crippen LogP contribution in [0.25, 0.3) is 0 Å². The van der Waals surface area contributed by atoms with Gasteiger partial charge in [0.2, 0.25) is 0 Å². The molecule has 0 atom stereocenters. The van der Waals surface area contributed by atoms with Crippen LogP contribution in [0.2, 0.25) is 0 Å². The SMILES string of the molecule is CCOC(=O)Cc1csc(NCCCN2CCOCC2)n1. The standard InChI is InChI=1S/C14H23N3O3S/c1-2-20-13(18)10-12-11-21-14(16-12)15-4-3-5-17-6-8-19-9-7-17/h11H,2-10H2,1H3,(H,15,16). The van der Waals surface area contributed by atoms with Crippen molar-refractivity contribution in [2.75, 3.05) is 51.3 Å². The Bertz CT molecular complexity index is 433. The van der Waals surface area contributed by atoms with Crippen molar-refractivity contribution in [3.8, 4) is 0 Å². The lowest BCUT2D eigenvalue weighted by Crippen LogP contribution is -2.37. The molecule has 0 aliphatic carbocycles. The molecule has 0 radical (unpaired) electrons. The van der Waals surface area contributed by atoms with Gasteiger partial charge in [0.25, 0.3) is 0 Å². The molecular weight excluding hydrogens is 290 g/mol. The Morgan fingerprint density at radius 3 is 3.10 bits per heavy atom. The van der Waals surface area contributed by atoms with Gasteiger partial charge in [0.05, 0.1) is 31.9 Å². The van der Waals surface area contributed by atoms with Gasteiger partial charge in [-0.25, -0.2) is 4.98 Å². The van der Waals surface area contributed by atoms with Gasteiger partial charge in [-0.05, 0) is 19.9 Å². The van der Waals surface area contributed by atoms with Crippen molar-refractivity contribution < 1.29 is 14.3 Å². The largest absolute Gasteiger partial charge is 0.466 e. The molecule has 1 aromatic rings. The van der Waals surface area contributed by atoms with E-state index in [0.29, 0.717) is 6.61 Å². The average molecular weight is 313 g/mol. The highest BCUT2D eigenvalue weighted by Crippen LogP contribution is 2.16. The summed E-state index contributed by atoms with van der Waals surface area (Å²) < 4.78 is 10.2. The Kier molecular flexibility index (Phi) is 6.91. The van der Waals surface area contributed by atoms with Crippen molar-refractivity contribution in [3.63, 3.8) is 0 Å². The zero-order valence-corrected chi connectivity index (χ0v) is 13.3. The van der Waals surface area contributed by atoms with Gasteiger partial charge in [0.15, 0.2) is 5.13 Å². The van der Waals surface area contributed by atoms with Crippen LogP contribution in [0.15, 0.2) is 5.38 Å². The molecule has 7 heteroatoms. The molecule has 1 aromatic heterocycles. The number of hydrogen-bond acceptors (Lipinski definition) is 7. The summed E-state index contributed by atoms with van der Waals surface area (Å²) in [6.07, 6.45) is 1.33. The molecule has 2 rings (SSSR count). The van der Waals surface area contributed by atoms with Gasteiger partial charge >= 0.3 is 5.97 Å². The zero-order chi connectivity index (χ0) is 14.9. The predicted octanol–water partition coefficient (Wildman–Crippen LogP) is 1.38. The molecule has 0 saturated carbocycles. The normalized spacial score (nSPS) is 15.9. The molecule has 0 aromatic carbocycles. The molecule has 0 bridgehead atoms. The smallest absolute Gasteiger partial charge is 0.311 e. The van der Waals surface area contributed by atoms with Gasteiger partial charge in [0, 0.05) is 25.0 Å². The highest BCUT2D eigenvalue weighted by molar-refractivity contribution is 7.13. The molecule has 2 heterocycles. The van der Waals surface area contributed by atoms with Gasteiger partial charge in [-0.2, -0.15) is 0 Å². The maximum absolute atomic E-state index is 11.4. The number of anilines is 1. The van der Waals surface area contributed by atoms with E-state index in [9.17, 15) is 4.79 Å². The van der Waals surface area contributed by atoms with Crippen LogP contribution in [0.1, 0.15) is 19.0 Å². The highest BCUT2D eigenvalue weighted by atomic mass is 32.1. The minimum atomic E-state index is -0.221. The van der Waals surface area contributed by atoms with Crippen molar-refractivity contribution in [3.05, 3.63) is 11.1 Å². The van der Waals surface area contributed by atoms with E-state index >= 15 is 0 Å². The van der Waals surface area contributed by atoms with Crippen LogP contribution in [0.4, 0.5) is 5.13 Å². The first-order chi connectivity index (χ1) is 10.3. The topological polar surface area (TPSA) is 63.7 Å². The number of nitrogens with one attached hydrogen (secondary N) is 1. The Balaban J connectivity index is 1.62. The van der Waals surface area contributed by atoms with Gasteiger partial charge in [-0.15, -0.1) is 11.3 Å². The van der Waals surface area contributed by atoms with Crippen LogP contribution in [-0.2, 0) is 20.7 Å². The minimum absolute atomic E-state index is 0.221. The first kappa shape index (κ1) is 16.2. The first-order valence-electron chi connectivity index (χ1n) is 7.42. The van der Waals surface area contributed by atoms with Crippen LogP contribution in [0.5, 0.6) is 0 Å². The second-order valence-electron chi connectivity index (χ2n) is 4.86. The predicted molar refractivity (Wildman–Crippen MR) is 82.8 cm³/mol. The van der Waals surface area contributed by atoms with E-state index in [1.54, 1.807) is 6.92 Å². The summed E-state index contributed by atoms with van der Waals surface area (Å²) in [6, 6.07) is 0. The van der Waals surface area contributed by atoms with Crippen LogP contribution in [0.3, 0.4) is 0 Å². The average Bonchev–Trinajstić information content (AvgIpc) is 2.92. The molecule has 0 unspecified atom stereocenters. The zero-order valence-electron chi connectivity index (χ0n) is 12.5. The molecule has 0 amide bonds. The fourth-order valence-corrected chi connectivity index (χ4v) is 2.89. The summed E-state index contributed by atoms with van der Waals surface area (Å²) in [4.78, 5) is 18.2. The Morgan fingerprint density at radius 2 is 2.33 bits per heavy atom. The summed E-state index contributed by atoms with van der Waals surface area (Å²) in [5.74, 6) is -0.221. The number of hydrogen-bond donors (Lipinski definition) is 1. The Hall–Kier alpha value is -1.18. The molecule has 0 spiro atoms. The molecule has 1 N–H and O–H groups in total.